The van der Waals surface area contributed by atoms with Crippen molar-refractivity contribution in [3.63, 3.8) is 0 Å². The van der Waals surface area contributed by atoms with Gasteiger partial charge in [0, 0.05) is 55.1 Å². The van der Waals surface area contributed by atoms with Crippen LogP contribution in [0, 0.1) is 0 Å². The summed E-state index contributed by atoms with van der Waals surface area (Å²) in [5.74, 6) is 0. The Labute approximate surface area is 371 Å². The van der Waals surface area contributed by atoms with Crippen LogP contribution in [0.3, 0.4) is 0 Å². The Morgan fingerprint density at radius 1 is 0.406 bits per heavy atom. The van der Waals surface area contributed by atoms with E-state index < -0.39 is 0 Å². The maximum absolute atomic E-state index is 6.89. The first kappa shape index (κ1) is 36.5. The molecule has 0 saturated heterocycles. The summed E-state index contributed by atoms with van der Waals surface area (Å²) in [6, 6.07) is 79.8. The van der Waals surface area contributed by atoms with Gasteiger partial charge in [-0.1, -0.05) is 166 Å². The molecule has 0 atom stereocenters. The molecule has 0 radical (unpaired) electrons. The molecule has 0 fully saturated rings. The molecule has 3 nitrogen and oxygen atoms in total. The van der Waals surface area contributed by atoms with Crippen molar-refractivity contribution >= 4 is 71.6 Å². The maximum Gasteiger partial charge on any atom is 0.143 e. The predicted octanol–water partition coefficient (Wildman–Crippen LogP) is 16.9. The van der Waals surface area contributed by atoms with Crippen LogP contribution < -0.4 is 4.90 Å². The van der Waals surface area contributed by atoms with E-state index in [1.807, 2.05) is 0 Å². The second-order valence-electron chi connectivity index (χ2n) is 17.7. The van der Waals surface area contributed by atoms with E-state index in [4.69, 9.17) is 4.42 Å². The molecule has 0 unspecified atom stereocenters. The van der Waals surface area contributed by atoms with Crippen LogP contribution in [0.15, 0.2) is 223 Å². The second-order valence-corrected chi connectivity index (χ2v) is 17.7. The van der Waals surface area contributed by atoms with Gasteiger partial charge in [0.15, 0.2) is 0 Å². The summed E-state index contributed by atoms with van der Waals surface area (Å²) in [6.07, 6.45) is 0. The largest absolute Gasteiger partial charge is 0.455 e. The third-order valence-electron chi connectivity index (χ3n) is 13.7. The number of hydrogen-bond donors (Lipinski definition) is 0. The number of nitrogens with zero attached hydrogens (tertiary/aromatic N) is 2. The number of benzene rings is 10. The smallest absolute Gasteiger partial charge is 0.143 e. The molecule has 12 aromatic rings. The first-order valence-electron chi connectivity index (χ1n) is 22.2. The average molecular weight is 819 g/mol. The number of furan rings is 1. The van der Waals surface area contributed by atoms with Crippen molar-refractivity contribution in [2.75, 3.05) is 4.90 Å². The molecule has 3 heteroatoms. The molecule has 2 heterocycles. The molecule has 2 aromatic heterocycles. The summed E-state index contributed by atoms with van der Waals surface area (Å²) in [5.41, 5.74) is 18.1. The lowest BCUT2D eigenvalue weighted by Crippen LogP contribution is -2.15. The summed E-state index contributed by atoms with van der Waals surface area (Å²) in [7, 11) is 0. The molecule has 13 rings (SSSR count). The van der Waals surface area contributed by atoms with Crippen LogP contribution in [-0.4, -0.2) is 4.57 Å². The second kappa shape index (κ2) is 13.9. The van der Waals surface area contributed by atoms with Crippen LogP contribution >= 0.6 is 0 Å². The first-order valence-corrected chi connectivity index (χ1v) is 22.2. The number of fused-ring (bicyclic) bond motifs is 10. The zero-order valence-electron chi connectivity index (χ0n) is 35.6. The molecular weight excluding hydrogens is 777 g/mol. The average Bonchev–Trinajstić information content (AvgIpc) is 3.97. The Bertz CT molecular complexity index is 3790. The number of para-hydroxylation sites is 4. The van der Waals surface area contributed by atoms with Gasteiger partial charge in [-0.2, -0.15) is 0 Å². The van der Waals surface area contributed by atoms with Crippen molar-refractivity contribution in [2.24, 2.45) is 0 Å². The lowest BCUT2D eigenvalue weighted by molar-refractivity contribution is 0.660. The molecule has 0 N–H and O–H groups in total. The molecule has 0 aliphatic heterocycles. The third-order valence-corrected chi connectivity index (χ3v) is 13.7. The Morgan fingerprint density at radius 2 is 1.05 bits per heavy atom. The first-order chi connectivity index (χ1) is 31.5. The summed E-state index contributed by atoms with van der Waals surface area (Å²) in [4.78, 5) is 2.47. The Hall–Kier alpha value is -8.14. The minimum Gasteiger partial charge on any atom is -0.455 e. The predicted molar refractivity (Wildman–Crippen MR) is 269 cm³/mol. The van der Waals surface area contributed by atoms with Crippen LogP contribution in [-0.2, 0) is 5.41 Å². The monoisotopic (exact) mass is 818 g/mol. The molecule has 10 aromatic carbocycles. The van der Waals surface area contributed by atoms with Crippen LogP contribution in [0.5, 0.6) is 0 Å². The highest BCUT2D eigenvalue weighted by atomic mass is 16.3. The lowest BCUT2D eigenvalue weighted by atomic mass is 9.82. The lowest BCUT2D eigenvalue weighted by Gasteiger charge is -2.29. The van der Waals surface area contributed by atoms with Crippen molar-refractivity contribution in [1.82, 2.24) is 4.57 Å². The van der Waals surface area contributed by atoms with E-state index in [9.17, 15) is 0 Å². The highest BCUT2D eigenvalue weighted by Crippen LogP contribution is 2.52. The van der Waals surface area contributed by atoms with Gasteiger partial charge in [0.05, 0.1) is 16.7 Å². The molecule has 1 aliphatic rings. The fourth-order valence-electron chi connectivity index (χ4n) is 10.7. The number of rotatable bonds is 6. The third kappa shape index (κ3) is 5.47. The van der Waals surface area contributed by atoms with E-state index in [-0.39, 0.29) is 5.41 Å². The van der Waals surface area contributed by atoms with Crippen molar-refractivity contribution in [1.29, 1.82) is 0 Å². The van der Waals surface area contributed by atoms with Crippen molar-refractivity contribution in [3.8, 4) is 39.1 Å². The van der Waals surface area contributed by atoms with E-state index in [0.717, 1.165) is 61.4 Å². The van der Waals surface area contributed by atoms with Gasteiger partial charge in [-0.25, -0.2) is 0 Å². The Morgan fingerprint density at radius 3 is 1.88 bits per heavy atom. The summed E-state index contributed by atoms with van der Waals surface area (Å²) < 4.78 is 9.28. The van der Waals surface area contributed by atoms with Gasteiger partial charge < -0.3 is 13.9 Å². The number of hydrogen-bond acceptors (Lipinski definition) is 2. The Kier molecular flexibility index (Phi) is 7.95. The van der Waals surface area contributed by atoms with Gasteiger partial charge in [-0.3, -0.25) is 0 Å². The Balaban J connectivity index is 1.08. The molecular formula is C61H42N2O. The zero-order chi connectivity index (χ0) is 42.5. The van der Waals surface area contributed by atoms with Crippen molar-refractivity contribution < 1.29 is 4.42 Å². The van der Waals surface area contributed by atoms with Gasteiger partial charge in [-0.05, 0) is 111 Å². The summed E-state index contributed by atoms with van der Waals surface area (Å²) >= 11 is 0. The number of anilines is 3. The summed E-state index contributed by atoms with van der Waals surface area (Å²) in [6.45, 7) is 4.70. The van der Waals surface area contributed by atoms with E-state index in [2.05, 4.69) is 242 Å². The van der Waals surface area contributed by atoms with Crippen LogP contribution in [0.1, 0.15) is 25.0 Å². The van der Waals surface area contributed by atoms with Gasteiger partial charge in [0.1, 0.15) is 11.2 Å². The van der Waals surface area contributed by atoms with Gasteiger partial charge in [0.2, 0.25) is 0 Å². The SMILES string of the molecule is CC1(C)c2ccccc2-c2cc(N(c3cc(-c4cccc(-n5c6ccccc6c6ccccc65)c4)c4oc5ccccc5c4c3)c3ccccc3-c3ccc4ccccc4c3)ccc21. The van der Waals surface area contributed by atoms with Gasteiger partial charge in [-0.15, -0.1) is 0 Å². The van der Waals surface area contributed by atoms with Crippen LogP contribution in [0.25, 0.3) is 93.6 Å². The van der Waals surface area contributed by atoms with Crippen molar-refractivity contribution in [3.05, 3.63) is 230 Å². The molecule has 0 spiro atoms. The standard InChI is InChI=1S/C61H42N2O/c1-61(2)54-25-10-5-21-47(54)52-36-44(32-33-55(52)61)62(56-26-11-6-20-46(56)42-31-30-39-16-3-4-17-40(39)34-42)45-37-51(60-53(38-45)50-24-9-14-29-59(50)64-60)41-18-15-19-43(35-41)63-57-27-12-7-22-48(57)49-23-8-13-28-58(49)63/h3-38H,1-2H3. The quantitative estimate of drug-likeness (QED) is 0.167. The molecule has 0 amide bonds. The zero-order valence-corrected chi connectivity index (χ0v) is 35.6. The van der Waals surface area contributed by atoms with E-state index in [1.54, 1.807) is 0 Å². The highest BCUT2D eigenvalue weighted by Gasteiger charge is 2.36. The van der Waals surface area contributed by atoms with E-state index >= 15 is 0 Å². The van der Waals surface area contributed by atoms with E-state index in [0.29, 0.717) is 0 Å². The molecule has 302 valence electrons. The topological polar surface area (TPSA) is 21.3 Å². The highest BCUT2D eigenvalue weighted by molar-refractivity contribution is 6.13. The summed E-state index contributed by atoms with van der Waals surface area (Å²) in [5, 5.41) is 7.09. The molecule has 0 bridgehead atoms. The molecule has 0 saturated carbocycles. The fourth-order valence-corrected chi connectivity index (χ4v) is 10.7. The molecule has 64 heavy (non-hydrogen) atoms. The van der Waals surface area contributed by atoms with Crippen LogP contribution in [0.4, 0.5) is 17.1 Å². The van der Waals surface area contributed by atoms with Gasteiger partial charge >= 0.3 is 0 Å². The number of aromatic nitrogens is 1. The normalized spacial score (nSPS) is 13.0. The molecule has 1 aliphatic carbocycles. The minimum atomic E-state index is -0.110. The fraction of sp³-hybridized carbons (Fsp3) is 0.0492. The minimum absolute atomic E-state index is 0.110. The van der Waals surface area contributed by atoms with E-state index in [1.165, 1.54) is 60.4 Å². The van der Waals surface area contributed by atoms with Crippen LogP contribution in [0.2, 0.25) is 0 Å². The van der Waals surface area contributed by atoms with Crippen molar-refractivity contribution in [2.45, 2.75) is 19.3 Å². The van der Waals surface area contributed by atoms with Gasteiger partial charge in [0.25, 0.3) is 0 Å². The maximum atomic E-state index is 6.89.